The number of rotatable bonds is 12. The average molecular weight is 288 g/mol. The molecule has 0 spiro atoms. The van der Waals surface area contributed by atoms with Crippen LogP contribution in [-0.2, 0) is 4.79 Å². The normalized spacial score (nSPS) is 14.7. The van der Waals surface area contributed by atoms with Gasteiger partial charge in [-0.05, 0) is 45.4 Å². The summed E-state index contributed by atoms with van der Waals surface area (Å²) in [5.74, 6) is -0.784. The predicted octanol–water partition coefficient (Wildman–Crippen LogP) is 5.46. The molecule has 1 unspecified atom stereocenters. The van der Waals surface area contributed by atoms with Gasteiger partial charge in [0.15, 0.2) is 0 Å². The van der Waals surface area contributed by atoms with Crippen LogP contribution in [0.25, 0.3) is 0 Å². The number of aliphatic carboxylic acids is 1. The van der Waals surface area contributed by atoms with E-state index in [-0.39, 0.29) is 0 Å². The molecule has 0 aliphatic heterocycles. The van der Waals surface area contributed by atoms with Crippen LogP contribution in [0.1, 0.15) is 45.4 Å². The maximum Gasteiger partial charge on any atom is 0.317 e. The van der Waals surface area contributed by atoms with Crippen LogP contribution in [0.3, 0.4) is 0 Å². The molecule has 0 aromatic heterocycles. The van der Waals surface area contributed by atoms with E-state index in [1.54, 1.807) is 12.2 Å². The quantitative estimate of drug-likeness (QED) is 0.294. The van der Waals surface area contributed by atoms with Crippen LogP contribution in [0.5, 0.6) is 0 Å². The number of hydrogen-bond acceptors (Lipinski definition) is 1. The van der Waals surface area contributed by atoms with Crippen LogP contribution in [-0.4, -0.2) is 11.1 Å². The third kappa shape index (κ3) is 8.13. The maximum atomic E-state index is 11.7. The Morgan fingerprint density at radius 1 is 1.10 bits per heavy atom. The first-order valence-electron chi connectivity index (χ1n) is 7.56. The molecule has 116 valence electrons. The summed E-state index contributed by atoms with van der Waals surface area (Å²) in [7, 11) is 0. The fourth-order valence-corrected chi connectivity index (χ4v) is 2.15. The molecule has 1 N–H and O–H groups in total. The van der Waals surface area contributed by atoms with Crippen LogP contribution in [0.4, 0.5) is 0 Å². The lowest BCUT2D eigenvalue weighted by Crippen LogP contribution is -2.26. The van der Waals surface area contributed by atoms with Crippen LogP contribution in [0.2, 0.25) is 0 Å². The minimum Gasteiger partial charge on any atom is -0.480 e. The largest absolute Gasteiger partial charge is 0.480 e. The molecule has 0 aliphatic carbocycles. The van der Waals surface area contributed by atoms with Crippen molar-refractivity contribution in [3.63, 3.8) is 0 Å². The van der Waals surface area contributed by atoms with Gasteiger partial charge >= 0.3 is 5.97 Å². The van der Waals surface area contributed by atoms with Crippen molar-refractivity contribution >= 4 is 5.97 Å². The summed E-state index contributed by atoms with van der Waals surface area (Å²) in [5, 5.41) is 9.61. The molecule has 0 heterocycles. The molecule has 1 atom stereocenters. The Kier molecular flexibility index (Phi) is 10.9. The van der Waals surface area contributed by atoms with Gasteiger partial charge in [0.05, 0.1) is 0 Å². The van der Waals surface area contributed by atoms with Crippen molar-refractivity contribution in [3.05, 3.63) is 61.8 Å². The minimum absolute atomic E-state index is 0.603. The average Bonchev–Trinajstić information content (AvgIpc) is 2.46. The second kappa shape index (κ2) is 12.0. The second-order valence-electron chi connectivity index (χ2n) is 5.02. The molecule has 0 radical (unpaired) electrons. The lowest BCUT2D eigenvalue weighted by Gasteiger charge is -2.22. The van der Waals surface area contributed by atoms with Crippen molar-refractivity contribution in [2.45, 2.75) is 45.4 Å². The molecule has 21 heavy (non-hydrogen) atoms. The Morgan fingerprint density at radius 2 is 1.81 bits per heavy atom. The summed E-state index contributed by atoms with van der Waals surface area (Å²) < 4.78 is 0. The topological polar surface area (TPSA) is 37.3 Å². The summed E-state index contributed by atoms with van der Waals surface area (Å²) in [6, 6.07) is 0. The lowest BCUT2D eigenvalue weighted by atomic mass is 9.81. The van der Waals surface area contributed by atoms with Crippen molar-refractivity contribution in [3.8, 4) is 0 Å². The zero-order valence-electron chi connectivity index (χ0n) is 13.1. The first-order chi connectivity index (χ1) is 10.1. The van der Waals surface area contributed by atoms with E-state index in [0.29, 0.717) is 6.42 Å². The van der Waals surface area contributed by atoms with Gasteiger partial charge in [-0.2, -0.15) is 0 Å². The SMILES string of the molecule is C=CC=CCCCC(C=CC)(C=CCCCC=C)C(=O)O. The highest BCUT2D eigenvalue weighted by Crippen LogP contribution is 2.29. The molecule has 2 nitrogen and oxygen atoms in total. The molecule has 0 aromatic rings. The lowest BCUT2D eigenvalue weighted by molar-refractivity contribution is -0.143. The van der Waals surface area contributed by atoms with Gasteiger partial charge in [0.25, 0.3) is 0 Å². The van der Waals surface area contributed by atoms with Gasteiger partial charge in [-0.3, -0.25) is 4.79 Å². The van der Waals surface area contributed by atoms with Crippen LogP contribution >= 0.6 is 0 Å². The van der Waals surface area contributed by atoms with Crippen LogP contribution < -0.4 is 0 Å². The summed E-state index contributed by atoms with van der Waals surface area (Å²) in [4.78, 5) is 11.7. The summed E-state index contributed by atoms with van der Waals surface area (Å²) in [6.45, 7) is 9.17. The van der Waals surface area contributed by atoms with Crippen molar-refractivity contribution < 1.29 is 9.90 Å². The zero-order valence-corrected chi connectivity index (χ0v) is 13.1. The Balaban J connectivity index is 4.74. The molecule has 0 fully saturated rings. The van der Waals surface area contributed by atoms with E-state index in [4.69, 9.17) is 0 Å². The number of carboxylic acid groups (broad SMARTS) is 1. The number of hydrogen-bond donors (Lipinski definition) is 1. The number of unbranched alkanes of at least 4 members (excludes halogenated alkanes) is 3. The molecule has 0 amide bonds. The smallest absolute Gasteiger partial charge is 0.317 e. The van der Waals surface area contributed by atoms with E-state index in [1.807, 2.05) is 43.4 Å². The standard InChI is InChI=1S/C19H28O2/c1-4-7-9-11-13-16-19(15-6-3,18(20)21)17-14-12-10-8-5-2/h4-7,9,14-15,17H,1-2,8,10-13,16H2,3H3,(H,20,21). The fourth-order valence-electron chi connectivity index (χ4n) is 2.15. The van der Waals surface area contributed by atoms with E-state index in [0.717, 1.165) is 32.1 Å². The number of carbonyl (C=O) groups is 1. The van der Waals surface area contributed by atoms with E-state index in [9.17, 15) is 9.90 Å². The molecule has 2 heteroatoms. The Bertz CT molecular complexity index is 402. The maximum absolute atomic E-state index is 11.7. The highest BCUT2D eigenvalue weighted by molar-refractivity contribution is 5.79. The third-order valence-corrected chi connectivity index (χ3v) is 3.29. The van der Waals surface area contributed by atoms with Crippen molar-refractivity contribution in [1.82, 2.24) is 0 Å². The van der Waals surface area contributed by atoms with Gasteiger partial charge in [-0.1, -0.05) is 55.2 Å². The Labute approximate surface area is 129 Å². The van der Waals surface area contributed by atoms with E-state index in [2.05, 4.69) is 13.2 Å². The van der Waals surface area contributed by atoms with Gasteiger partial charge in [0.2, 0.25) is 0 Å². The third-order valence-electron chi connectivity index (χ3n) is 3.29. The van der Waals surface area contributed by atoms with Gasteiger partial charge in [-0.15, -0.1) is 6.58 Å². The van der Waals surface area contributed by atoms with Gasteiger partial charge < -0.3 is 5.11 Å². The van der Waals surface area contributed by atoms with Gasteiger partial charge in [-0.25, -0.2) is 0 Å². The van der Waals surface area contributed by atoms with E-state index < -0.39 is 11.4 Å². The van der Waals surface area contributed by atoms with E-state index >= 15 is 0 Å². The minimum atomic E-state index is -0.884. The molecular formula is C19H28O2. The second-order valence-corrected chi connectivity index (χ2v) is 5.02. The molecule has 0 aliphatic rings. The Morgan fingerprint density at radius 3 is 2.38 bits per heavy atom. The predicted molar refractivity (Wildman–Crippen MR) is 91.3 cm³/mol. The van der Waals surface area contributed by atoms with Crippen LogP contribution in [0, 0.1) is 5.41 Å². The number of carboxylic acids is 1. The zero-order chi connectivity index (χ0) is 16.0. The highest BCUT2D eigenvalue weighted by atomic mass is 16.4. The van der Waals surface area contributed by atoms with Gasteiger partial charge in [0.1, 0.15) is 5.41 Å². The van der Waals surface area contributed by atoms with E-state index in [1.165, 1.54) is 0 Å². The first-order valence-corrected chi connectivity index (χ1v) is 7.56. The highest BCUT2D eigenvalue weighted by Gasteiger charge is 2.31. The first kappa shape index (κ1) is 19.2. The molecule has 0 saturated heterocycles. The molecule has 0 saturated carbocycles. The van der Waals surface area contributed by atoms with Crippen molar-refractivity contribution in [1.29, 1.82) is 0 Å². The molecule has 0 bridgehead atoms. The van der Waals surface area contributed by atoms with Crippen molar-refractivity contribution in [2.75, 3.05) is 0 Å². The summed E-state index contributed by atoms with van der Waals surface area (Å²) in [5.41, 5.74) is -0.884. The monoisotopic (exact) mass is 288 g/mol. The fraction of sp³-hybridized carbons (Fsp3) is 0.421. The van der Waals surface area contributed by atoms with Crippen molar-refractivity contribution in [2.24, 2.45) is 5.41 Å². The van der Waals surface area contributed by atoms with Crippen LogP contribution in [0.15, 0.2) is 61.8 Å². The summed E-state index contributed by atoms with van der Waals surface area (Å²) in [6.07, 6.45) is 20.1. The van der Waals surface area contributed by atoms with Gasteiger partial charge in [0, 0.05) is 0 Å². The molecular weight excluding hydrogens is 260 g/mol. The summed E-state index contributed by atoms with van der Waals surface area (Å²) >= 11 is 0. The number of allylic oxidation sites excluding steroid dienone is 6. The molecule has 0 aromatic carbocycles. The Hall–Kier alpha value is -1.83. The molecule has 0 rings (SSSR count).